The van der Waals surface area contributed by atoms with Gasteiger partial charge in [-0.2, -0.15) is 0 Å². The van der Waals surface area contributed by atoms with Crippen molar-refractivity contribution in [2.75, 3.05) is 33.4 Å². The van der Waals surface area contributed by atoms with Crippen molar-refractivity contribution in [1.82, 2.24) is 5.32 Å². The van der Waals surface area contributed by atoms with Gasteiger partial charge >= 0.3 is 0 Å². The SMILES string of the molecule is COCC(C)OCCCCCNCC(C)C. The molecule has 1 unspecified atom stereocenters. The van der Waals surface area contributed by atoms with Crippen molar-refractivity contribution in [3.8, 4) is 0 Å². The molecule has 0 aromatic carbocycles. The summed E-state index contributed by atoms with van der Waals surface area (Å²) < 4.78 is 10.6. The van der Waals surface area contributed by atoms with Crippen molar-refractivity contribution in [2.24, 2.45) is 5.92 Å². The average Bonchev–Trinajstić information content (AvgIpc) is 2.22. The van der Waals surface area contributed by atoms with Crippen LogP contribution in [0.2, 0.25) is 0 Å². The summed E-state index contributed by atoms with van der Waals surface area (Å²) in [5, 5.41) is 3.44. The van der Waals surface area contributed by atoms with Gasteiger partial charge in [-0.3, -0.25) is 0 Å². The van der Waals surface area contributed by atoms with E-state index in [1.807, 2.05) is 6.92 Å². The molecule has 0 aliphatic heterocycles. The van der Waals surface area contributed by atoms with Gasteiger partial charge in [0.05, 0.1) is 12.7 Å². The van der Waals surface area contributed by atoms with Crippen molar-refractivity contribution in [1.29, 1.82) is 0 Å². The molecule has 0 amide bonds. The fourth-order valence-electron chi connectivity index (χ4n) is 1.49. The first kappa shape index (κ1) is 15.9. The molecule has 0 saturated carbocycles. The van der Waals surface area contributed by atoms with Crippen LogP contribution in [0.15, 0.2) is 0 Å². The van der Waals surface area contributed by atoms with Crippen LogP contribution in [0, 0.1) is 5.92 Å². The fraction of sp³-hybridized carbons (Fsp3) is 1.00. The third-order valence-corrected chi connectivity index (χ3v) is 2.35. The van der Waals surface area contributed by atoms with Gasteiger partial charge in [0, 0.05) is 13.7 Å². The predicted octanol–water partition coefficient (Wildman–Crippen LogP) is 2.45. The van der Waals surface area contributed by atoms with Crippen molar-refractivity contribution in [3.63, 3.8) is 0 Å². The number of methoxy groups -OCH3 is 1. The van der Waals surface area contributed by atoms with Gasteiger partial charge in [0.1, 0.15) is 0 Å². The Morgan fingerprint density at radius 3 is 2.44 bits per heavy atom. The first-order valence-electron chi connectivity index (χ1n) is 6.48. The van der Waals surface area contributed by atoms with Crippen molar-refractivity contribution < 1.29 is 9.47 Å². The molecule has 1 atom stereocenters. The molecule has 0 rings (SSSR count). The van der Waals surface area contributed by atoms with Crippen molar-refractivity contribution in [3.05, 3.63) is 0 Å². The van der Waals surface area contributed by atoms with E-state index in [0.717, 1.165) is 32.0 Å². The Balaban J connectivity index is 3.04. The van der Waals surface area contributed by atoms with E-state index >= 15 is 0 Å². The molecule has 0 aromatic heterocycles. The Labute approximate surface area is 101 Å². The van der Waals surface area contributed by atoms with E-state index in [-0.39, 0.29) is 6.10 Å². The quantitative estimate of drug-likeness (QED) is 0.554. The van der Waals surface area contributed by atoms with Crippen LogP contribution in [0.1, 0.15) is 40.0 Å². The fourth-order valence-corrected chi connectivity index (χ4v) is 1.49. The molecule has 0 saturated heterocycles. The summed E-state index contributed by atoms with van der Waals surface area (Å²) in [7, 11) is 1.71. The second kappa shape index (κ2) is 11.4. The second-order valence-corrected chi connectivity index (χ2v) is 4.80. The maximum Gasteiger partial charge on any atom is 0.0780 e. The Morgan fingerprint density at radius 1 is 1.06 bits per heavy atom. The highest BCUT2D eigenvalue weighted by Crippen LogP contribution is 1.98. The first-order valence-corrected chi connectivity index (χ1v) is 6.48. The second-order valence-electron chi connectivity index (χ2n) is 4.80. The van der Waals surface area contributed by atoms with E-state index in [1.54, 1.807) is 7.11 Å². The van der Waals surface area contributed by atoms with E-state index < -0.39 is 0 Å². The third-order valence-electron chi connectivity index (χ3n) is 2.35. The summed E-state index contributed by atoms with van der Waals surface area (Å²) in [6.45, 7) is 10.3. The van der Waals surface area contributed by atoms with E-state index in [2.05, 4.69) is 19.2 Å². The van der Waals surface area contributed by atoms with E-state index in [0.29, 0.717) is 6.61 Å². The molecule has 0 radical (unpaired) electrons. The van der Waals surface area contributed by atoms with Gasteiger partial charge in [-0.15, -0.1) is 0 Å². The van der Waals surface area contributed by atoms with Crippen LogP contribution < -0.4 is 5.32 Å². The predicted molar refractivity (Wildman–Crippen MR) is 68.8 cm³/mol. The highest BCUT2D eigenvalue weighted by Gasteiger charge is 2.00. The third kappa shape index (κ3) is 12.0. The number of nitrogens with one attached hydrogen (secondary N) is 1. The van der Waals surface area contributed by atoms with Crippen molar-refractivity contribution in [2.45, 2.75) is 46.1 Å². The minimum Gasteiger partial charge on any atom is -0.382 e. The van der Waals surface area contributed by atoms with Gasteiger partial charge in [0.2, 0.25) is 0 Å². The first-order chi connectivity index (χ1) is 7.66. The van der Waals surface area contributed by atoms with Crippen LogP contribution in [-0.2, 0) is 9.47 Å². The molecule has 0 heterocycles. The maximum atomic E-state index is 5.58. The van der Waals surface area contributed by atoms with Gasteiger partial charge in [0.25, 0.3) is 0 Å². The maximum absolute atomic E-state index is 5.58. The number of unbranched alkanes of at least 4 members (excludes halogenated alkanes) is 2. The molecular weight excluding hydrogens is 202 g/mol. The lowest BCUT2D eigenvalue weighted by molar-refractivity contribution is 0.00767. The topological polar surface area (TPSA) is 30.5 Å². The van der Waals surface area contributed by atoms with Gasteiger partial charge in [-0.05, 0) is 45.2 Å². The highest BCUT2D eigenvalue weighted by molar-refractivity contribution is 4.52. The molecule has 0 aliphatic carbocycles. The summed E-state index contributed by atoms with van der Waals surface area (Å²) in [6, 6.07) is 0. The van der Waals surface area contributed by atoms with Crippen LogP contribution in [-0.4, -0.2) is 39.5 Å². The van der Waals surface area contributed by atoms with E-state index in [9.17, 15) is 0 Å². The van der Waals surface area contributed by atoms with Gasteiger partial charge in [-0.25, -0.2) is 0 Å². The normalized spacial score (nSPS) is 13.3. The summed E-state index contributed by atoms with van der Waals surface area (Å²) in [4.78, 5) is 0. The Morgan fingerprint density at radius 2 is 1.81 bits per heavy atom. The zero-order chi connectivity index (χ0) is 12.2. The molecule has 0 spiro atoms. The highest BCUT2D eigenvalue weighted by atomic mass is 16.5. The zero-order valence-corrected chi connectivity index (χ0v) is 11.4. The van der Waals surface area contributed by atoms with E-state index in [4.69, 9.17) is 9.47 Å². The minimum atomic E-state index is 0.226. The molecule has 98 valence electrons. The van der Waals surface area contributed by atoms with Gasteiger partial charge in [-0.1, -0.05) is 13.8 Å². The van der Waals surface area contributed by atoms with Crippen LogP contribution >= 0.6 is 0 Å². The van der Waals surface area contributed by atoms with Gasteiger partial charge in [0.15, 0.2) is 0 Å². The smallest absolute Gasteiger partial charge is 0.0780 e. The zero-order valence-electron chi connectivity index (χ0n) is 11.4. The summed E-state index contributed by atoms with van der Waals surface area (Å²) >= 11 is 0. The van der Waals surface area contributed by atoms with Crippen molar-refractivity contribution >= 4 is 0 Å². The van der Waals surface area contributed by atoms with E-state index in [1.165, 1.54) is 12.8 Å². The number of hydrogen-bond donors (Lipinski definition) is 1. The molecular formula is C13H29NO2. The summed E-state index contributed by atoms with van der Waals surface area (Å²) in [5.74, 6) is 0.748. The number of rotatable bonds is 11. The molecule has 0 fully saturated rings. The standard InChI is InChI=1S/C13H29NO2/c1-12(2)10-14-8-6-5-7-9-16-13(3)11-15-4/h12-14H,5-11H2,1-4H3. The number of ether oxygens (including phenoxy) is 2. The molecule has 0 bridgehead atoms. The minimum absolute atomic E-state index is 0.226. The molecule has 0 aliphatic rings. The lowest BCUT2D eigenvalue weighted by Gasteiger charge is -2.11. The van der Waals surface area contributed by atoms with Crippen LogP contribution in [0.4, 0.5) is 0 Å². The van der Waals surface area contributed by atoms with Crippen LogP contribution in [0.3, 0.4) is 0 Å². The molecule has 16 heavy (non-hydrogen) atoms. The van der Waals surface area contributed by atoms with Crippen LogP contribution in [0.25, 0.3) is 0 Å². The largest absolute Gasteiger partial charge is 0.382 e. The molecule has 3 heteroatoms. The lowest BCUT2D eigenvalue weighted by atomic mass is 10.2. The lowest BCUT2D eigenvalue weighted by Crippen LogP contribution is -2.20. The average molecular weight is 231 g/mol. The molecule has 0 aromatic rings. The Bertz CT molecular complexity index is 140. The van der Waals surface area contributed by atoms with Crippen LogP contribution in [0.5, 0.6) is 0 Å². The van der Waals surface area contributed by atoms with Gasteiger partial charge < -0.3 is 14.8 Å². The monoisotopic (exact) mass is 231 g/mol. The Hall–Kier alpha value is -0.120. The summed E-state index contributed by atoms with van der Waals surface area (Å²) in [6.07, 6.45) is 3.86. The Kier molecular flexibility index (Phi) is 11.3. The molecule has 3 nitrogen and oxygen atoms in total. The molecule has 1 N–H and O–H groups in total. The summed E-state index contributed by atoms with van der Waals surface area (Å²) in [5.41, 5.74) is 0. The number of hydrogen-bond acceptors (Lipinski definition) is 3.